The Labute approximate surface area is 257 Å². The number of fused-ring (bicyclic) bond motifs is 1. The predicted molar refractivity (Wildman–Crippen MR) is 165 cm³/mol. The molecule has 9 nitrogen and oxygen atoms in total. The number of H-pyrrole nitrogens is 1. The molecule has 0 saturated heterocycles. The zero-order valence-corrected chi connectivity index (χ0v) is 25.4. The Bertz CT molecular complexity index is 1980. The van der Waals surface area contributed by atoms with Crippen LogP contribution in [0.15, 0.2) is 59.5 Å². The van der Waals surface area contributed by atoms with Crippen molar-refractivity contribution in [1.82, 2.24) is 15.0 Å². The highest BCUT2D eigenvalue weighted by molar-refractivity contribution is 5.99. The number of carbonyl (C=O) groups excluding carboxylic acids is 1. The van der Waals surface area contributed by atoms with E-state index in [0.29, 0.717) is 57.0 Å². The molecule has 0 aliphatic rings. The largest absolute Gasteiger partial charge is 0.485 e. The number of aryl methyl sites for hydroxylation is 3. The molecule has 5 aromatic rings. The summed E-state index contributed by atoms with van der Waals surface area (Å²) in [6, 6.07) is 11.5. The van der Waals surface area contributed by atoms with Crippen molar-refractivity contribution in [2.24, 2.45) is 0 Å². The molecule has 0 unspecified atom stereocenters. The maximum atomic E-state index is 15.3. The molecule has 232 valence electrons. The topological polar surface area (TPSA) is 113 Å². The van der Waals surface area contributed by atoms with Crippen LogP contribution in [0.25, 0.3) is 22.2 Å². The number of aromatic amines is 1. The highest BCUT2D eigenvalue weighted by Crippen LogP contribution is 2.35. The molecule has 3 aromatic heterocycles. The Balaban J connectivity index is 1.40. The third kappa shape index (κ3) is 6.53. The van der Waals surface area contributed by atoms with Gasteiger partial charge in [-0.1, -0.05) is 12.1 Å². The molecule has 11 heteroatoms. The van der Waals surface area contributed by atoms with E-state index in [9.17, 15) is 14.0 Å². The zero-order valence-electron chi connectivity index (χ0n) is 25.4. The van der Waals surface area contributed by atoms with E-state index >= 15 is 4.39 Å². The summed E-state index contributed by atoms with van der Waals surface area (Å²) < 4.78 is 51.0. The van der Waals surface area contributed by atoms with Crippen molar-refractivity contribution < 1.29 is 32.5 Å². The molecule has 0 atom stereocenters. The van der Waals surface area contributed by atoms with Crippen LogP contribution in [-0.2, 0) is 11.2 Å². The van der Waals surface area contributed by atoms with E-state index in [0.717, 1.165) is 0 Å². The van der Waals surface area contributed by atoms with Gasteiger partial charge < -0.3 is 23.9 Å². The van der Waals surface area contributed by atoms with Crippen LogP contribution in [-0.4, -0.2) is 48.2 Å². The quantitative estimate of drug-likeness (QED) is 0.133. The molecule has 0 radical (unpaired) electrons. The molecule has 2 aromatic carbocycles. The average molecular weight is 616 g/mol. The van der Waals surface area contributed by atoms with Crippen molar-refractivity contribution in [1.29, 1.82) is 0 Å². The number of methoxy groups -OCH3 is 2. The van der Waals surface area contributed by atoms with Gasteiger partial charge in [-0.25, -0.2) is 13.8 Å². The third-order valence-corrected chi connectivity index (χ3v) is 7.24. The van der Waals surface area contributed by atoms with Crippen molar-refractivity contribution in [3.63, 3.8) is 0 Å². The second kappa shape index (κ2) is 13.2. The van der Waals surface area contributed by atoms with E-state index in [4.69, 9.17) is 18.9 Å². The number of Topliss-reactive ketones (excluding diaryl/α,β-unsaturated/α-hetero) is 1. The molecule has 0 fully saturated rings. The number of carbonyl (C=O) groups is 1. The van der Waals surface area contributed by atoms with Crippen LogP contribution in [0.3, 0.4) is 0 Å². The lowest BCUT2D eigenvalue weighted by atomic mass is 9.93. The Morgan fingerprint density at radius 1 is 0.911 bits per heavy atom. The van der Waals surface area contributed by atoms with Gasteiger partial charge in [0, 0.05) is 48.8 Å². The van der Waals surface area contributed by atoms with Gasteiger partial charge in [-0.15, -0.1) is 0 Å². The normalized spacial score (nSPS) is 11.1. The van der Waals surface area contributed by atoms with Gasteiger partial charge in [0.1, 0.15) is 17.9 Å². The van der Waals surface area contributed by atoms with Crippen LogP contribution in [0.1, 0.15) is 32.9 Å². The second-order valence-corrected chi connectivity index (χ2v) is 10.4. The van der Waals surface area contributed by atoms with Crippen LogP contribution in [0.2, 0.25) is 0 Å². The smallest absolute Gasteiger partial charge is 0.257 e. The van der Waals surface area contributed by atoms with Gasteiger partial charge in [-0.2, -0.15) is 0 Å². The lowest BCUT2D eigenvalue weighted by Crippen LogP contribution is -2.23. The summed E-state index contributed by atoms with van der Waals surface area (Å²) in [7, 11) is 3.01. The fraction of sp³-hybridized carbons (Fsp3) is 0.235. The van der Waals surface area contributed by atoms with Gasteiger partial charge in [-0.3, -0.25) is 14.6 Å². The number of ketones is 1. The number of benzene rings is 2. The lowest BCUT2D eigenvalue weighted by molar-refractivity contribution is 0.0991. The molecule has 0 saturated carbocycles. The summed E-state index contributed by atoms with van der Waals surface area (Å²) >= 11 is 0. The molecule has 3 heterocycles. The SMILES string of the molecule is COCCOc1cc2nccc(Oc3ccc(CC(=O)c4c(C)[nH]c(C)c(-c5ccc(F)cc5C)c4=O)cc3F)c2nc1OC. The Morgan fingerprint density at radius 2 is 1.71 bits per heavy atom. The zero-order chi connectivity index (χ0) is 32.2. The number of hydrogen-bond donors (Lipinski definition) is 1. The van der Waals surface area contributed by atoms with Crippen LogP contribution < -0.4 is 19.6 Å². The molecular formula is C34H31F2N3O6. The maximum absolute atomic E-state index is 15.3. The first-order valence-electron chi connectivity index (χ1n) is 14.1. The number of nitrogens with zero attached hydrogens (tertiary/aromatic N) is 2. The summed E-state index contributed by atoms with van der Waals surface area (Å²) in [6.07, 6.45) is 1.27. The molecule has 5 rings (SSSR count). The van der Waals surface area contributed by atoms with E-state index in [1.807, 2.05) is 0 Å². The van der Waals surface area contributed by atoms with Crippen LogP contribution in [0, 0.1) is 32.4 Å². The van der Waals surface area contributed by atoms with E-state index in [1.165, 1.54) is 43.6 Å². The van der Waals surface area contributed by atoms with E-state index < -0.39 is 22.8 Å². The van der Waals surface area contributed by atoms with Gasteiger partial charge in [0.15, 0.2) is 28.8 Å². The highest BCUT2D eigenvalue weighted by Gasteiger charge is 2.22. The summed E-state index contributed by atoms with van der Waals surface area (Å²) in [6.45, 7) is 5.71. The Hall–Kier alpha value is -5.16. The lowest BCUT2D eigenvalue weighted by Gasteiger charge is -2.14. The molecule has 0 aliphatic heterocycles. The number of pyridine rings is 3. The first kappa shape index (κ1) is 31.3. The Kier molecular flexibility index (Phi) is 9.19. The summed E-state index contributed by atoms with van der Waals surface area (Å²) in [5.41, 5.74) is 2.95. The predicted octanol–water partition coefficient (Wildman–Crippen LogP) is 6.44. The second-order valence-electron chi connectivity index (χ2n) is 10.4. The van der Waals surface area contributed by atoms with Gasteiger partial charge in [0.05, 0.1) is 24.8 Å². The number of aromatic nitrogens is 3. The summed E-state index contributed by atoms with van der Waals surface area (Å²) in [5, 5.41) is 0. The standard InChI is InChI=1S/C34H31F2N3O6/c1-18-14-22(35)7-8-23(18)30-19(2)38-20(3)31(33(30)41)26(40)16-21-6-9-27(24(36)15-21)45-28-10-11-37-25-17-29(44-13-12-42-4)34(43-5)39-32(25)28/h6-11,14-15,17H,12-13,16H2,1-5H3,(H,38,41). The minimum Gasteiger partial charge on any atom is -0.485 e. The molecule has 45 heavy (non-hydrogen) atoms. The number of hydrogen-bond acceptors (Lipinski definition) is 8. The van der Waals surface area contributed by atoms with Crippen LogP contribution >= 0.6 is 0 Å². The van der Waals surface area contributed by atoms with Crippen molar-refractivity contribution in [2.75, 3.05) is 27.4 Å². The van der Waals surface area contributed by atoms with E-state index in [-0.39, 0.29) is 36.0 Å². The monoisotopic (exact) mass is 615 g/mol. The number of halogens is 2. The first-order chi connectivity index (χ1) is 21.6. The number of rotatable bonds is 11. The van der Waals surface area contributed by atoms with Crippen molar-refractivity contribution >= 4 is 16.8 Å². The van der Waals surface area contributed by atoms with Gasteiger partial charge >= 0.3 is 0 Å². The van der Waals surface area contributed by atoms with Crippen molar-refractivity contribution in [3.05, 3.63) is 105 Å². The third-order valence-electron chi connectivity index (χ3n) is 7.24. The Morgan fingerprint density at radius 3 is 2.42 bits per heavy atom. The summed E-state index contributed by atoms with van der Waals surface area (Å²) in [4.78, 5) is 38.9. The van der Waals surface area contributed by atoms with Crippen molar-refractivity contribution in [3.8, 4) is 34.3 Å². The molecule has 0 aliphatic carbocycles. The van der Waals surface area contributed by atoms with Crippen molar-refractivity contribution in [2.45, 2.75) is 27.2 Å². The van der Waals surface area contributed by atoms with Gasteiger partial charge in [0.25, 0.3) is 5.88 Å². The fourth-order valence-corrected chi connectivity index (χ4v) is 5.15. The number of nitrogens with one attached hydrogen (secondary N) is 1. The first-order valence-corrected chi connectivity index (χ1v) is 14.1. The molecular weight excluding hydrogens is 584 g/mol. The van der Waals surface area contributed by atoms with Crippen LogP contribution in [0.5, 0.6) is 23.1 Å². The molecule has 0 spiro atoms. The minimum absolute atomic E-state index is 0.0334. The molecule has 0 bridgehead atoms. The minimum atomic E-state index is -0.714. The van der Waals surface area contributed by atoms with E-state index in [1.54, 1.807) is 46.1 Å². The summed E-state index contributed by atoms with van der Waals surface area (Å²) in [5.74, 6) is -0.918. The van der Waals surface area contributed by atoms with Crippen LogP contribution in [0.4, 0.5) is 8.78 Å². The fourth-order valence-electron chi connectivity index (χ4n) is 5.15. The molecule has 0 amide bonds. The van der Waals surface area contributed by atoms with Gasteiger partial charge in [0.2, 0.25) is 5.43 Å². The van der Waals surface area contributed by atoms with Gasteiger partial charge in [-0.05, 0) is 61.7 Å². The maximum Gasteiger partial charge on any atom is 0.257 e. The van der Waals surface area contributed by atoms with E-state index in [2.05, 4.69) is 15.0 Å². The molecule has 1 N–H and O–H groups in total. The highest BCUT2D eigenvalue weighted by atomic mass is 19.1. The average Bonchev–Trinajstić information content (AvgIpc) is 2.99. The number of ether oxygens (including phenoxy) is 4.